The van der Waals surface area contributed by atoms with Crippen LogP contribution >= 0.6 is 0 Å². The second kappa shape index (κ2) is 16.8. The van der Waals surface area contributed by atoms with Gasteiger partial charge in [0.1, 0.15) is 0 Å². The first-order valence-electron chi connectivity index (χ1n) is 12.2. The number of hydrogen-bond donors (Lipinski definition) is 0. The summed E-state index contributed by atoms with van der Waals surface area (Å²) in [4.78, 5) is 36.4. The van der Waals surface area contributed by atoms with Crippen LogP contribution in [0.25, 0.3) is 0 Å². The van der Waals surface area contributed by atoms with Gasteiger partial charge in [-0.1, -0.05) is 0 Å². The summed E-state index contributed by atoms with van der Waals surface area (Å²) in [5.41, 5.74) is 0. The van der Waals surface area contributed by atoms with E-state index >= 15 is 0 Å². The molecule has 0 amide bonds. The molecule has 0 aromatic rings. The van der Waals surface area contributed by atoms with Crippen LogP contribution in [-0.4, -0.2) is 69.6 Å². The molecule has 0 rings (SSSR count). The Morgan fingerprint density at radius 1 is 0.516 bits per heavy atom. The Labute approximate surface area is 206 Å². The van der Waals surface area contributed by atoms with Crippen molar-refractivity contribution in [2.45, 2.75) is 121 Å². The average molecular weight is 765 g/mol. The van der Waals surface area contributed by atoms with Crippen LogP contribution in [-0.2, 0) is 18.6 Å². The zero-order valence-electron chi connectivity index (χ0n) is 21.4. The van der Waals surface area contributed by atoms with Gasteiger partial charge in [-0.15, -0.1) is 0 Å². The number of hydrogen-bond acceptors (Lipinski definition) is 6. The third-order valence-corrected chi connectivity index (χ3v) is 52.0. The van der Waals surface area contributed by atoms with E-state index in [-0.39, 0.29) is 11.9 Å². The second-order valence-electron chi connectivity index (χ2n) is 9.68. The molecule has 0 atom stereocenters. The molecule has 0 aliphatic heterocycles. The zero-order chi connectivity index (χ0) is 24.0. The predicted octanol–water partition coefficient (Wildman–Crippen LogP) is 6.93. The van der Waals surface area contributed by atoms with Gasteiger partial charge < -0.3 is 0 Å². The van der Waals surface area contributed by atoms with Crippen LogP contribution in [0.3, 0.4) is 0 Å². The van der Waals surface area contributed by atoms with Crippen molar-refractivity contribution in [3.8, 4) is 0 Å². The Kier molecular flexibility index (Phi) is 17.5. The van der Waals surface area contributed by atoms with E-state index in [1.807, 2.05) is 29.6 Å². The maximum atomic E-state index is 12.3. The van der Waals surface area contributed by atoms with E-state index in [9.17, 15) is 9.59 Å². The summed E-state index contributed by atoms with van der Waals surface area (Å²) in [7, 11) is 0. The predicted molar refractivity (Wildman–Crippen MR) is 134 cm³/mol. The van der Waals surface area contributed by atoms with E-state index in [1.54, 1.807) is 0 Å². The van der Waals surface area contributed by atoms with E-state index in [0.717, 1.165) is 25.7 Å². The van der Waals surface area contributed by atoms with Crippen molar-refractivity contribution in [2.75, 3.05) is 0 Å². The van der Waals surface area contributed by atoms with Gasteiger partial charge in [-0.2, -0.15) is 0 Å². The van der Waals surface area contributed by atoms with Gasteiger partial charge in [0.15, 0.2) is 0 Å². The van der Waals surface area contributed by atoms with Crippen LogP contribution in [0.15, 0.2) is 0 Å². The van der Waals surface area contributed by atoms with E-state index in [1.165, 1.54) is 38.5 Å². The van der Waals surface area contributed by atoms with Gasteiger partial charge in [-0.25, -0.2) is 0 Å². The molecule has 0 aromatic carbocycles. The molecule has 0 aromatic heterocycles. The Balaban J connectivity index is 4.46. The van der Waals surface area contributed by atoms with Crippen LogP contribution in [0.4, 0.5) is 0 Å². The van der Waals surface area contributed by atoms with Gasteiger partial charge in [0.05, 0.1) is 0 Å². The van der Waals surface area contributed by atoms with Gasteiger partial charge in [-0.05, 0) is 0 Å². The molecule has 0 heterocycles. The van der Waals surface area contributed by atoms with Gasteiger partial charge in [0.25, 0.3) is 0 Å². The third kappa shape index (κ3) is 19.3. The van der Waals surface area contributed by atoms with Crippen LogP contribution in [0.1, 0.15) is 90.9 Å². The van der Waals surface area contributed by atoms with E-state index in [2.05, 4.69) is 13.8 Å². The minimum atomic E-state index is -3.46. The molecule has 184 valence electrons. The summed E-state index contributed by atoms with van der Waals surface area (Å²) in [6.45, 7) is 4.36. The fraction of sp³-hybridized carbons (Fsp3) is 0.909. The van der Waals surface area contributed by atoms with Crippen molar-refractivity contribution < 1.29 is 18.6 Å². The normalized spacial score (nSPS) is 12.6. The number of rotatable bonds is 18. The molecule has 6 nitrogen and oxygen atoms in total. The molecule has 0 N–H and O–H groups in total. The van der Waals surface area contributed by atoms with Gasteiger partial charge >= 0.3 is 209 Å². The van der Waals surface area contributed by atoms with Gasteiger partial charge in [-0.3, -0.25) is 0 Å². The standard InChI is InChI=1S/2C8H16O2.6CH3.2O.3Sn/c2*1-2-3-4-5-6-7-8(9)10;;;;;;;;;;;/h2*2-7H2,1H3,(H,9,10);6*1H3;;;;;/q;;;;;;;;;;;2*+1/p-2. The van der Waals surface area contributed by atoms with Crippen LogP contribution in [0.5, 0.6) is 0 Å². The molecule has 9 heteroatoms. The SMILES string of the molecule is CCCCCCCC(=O)[O][Sn]([CH3])([CH3])[O][Sn]([CH3])([CH3])[O][Sn]([CH3])([CH3])[O]C(=O)CCCCCCC. The topological polar surface area (TPSA) is 71.1 Å². The Bertz CT molecular complexity index is 479. The Hall–Kier alpha value is 1.26. The molecule has 0 aliphatic rings. The van der Waals surface area contributed by atoms with Crippen molar-refractivity contribution >= 4 is 69.6 Å². The van der Waals surface area contributed by atoms with Crippen molar-refractivity contribution in [1.82, 2.24) is 0 Å². The molecule has 0 spiro atoms. The first kappa shape index (κ1) is 32.3. The average Bonchev–Trinajstić information content (AvgIpc) is 2.58. The van der Waals surface area contributed by atoms with Crippen molar-refractivity contribution in [1.29, 1.82) is 0 Å². The molecule has 0 radical (unpaired) electrons. The fourth-order valence-corrected chi connectivity index (χ4v) is 67.5. The summed E-state index contributed by atoms with van der Waals surface area (Å²) in [6, 6.07) is 0. The molecule has 0 saturated carbocycles. The van der Waals surface area contributed by atoms with Crippen LogP contribution < -0.4 is 0 Å². The number of unbranched alkanes of at least 4 members (excludes halogenated alkanes) is 8. The maximum absolute atomic E-state index is 12.3. The van der Waals surface area contributed by atoms with Gasteiger partial charge in [0, 0.05) is 0 Å². The molecule has 0 aliphatic carbocycles. The van der Waals surface area contributed by atoms with E-state index < -0.39 is 57.6 Å². The molecule has 0 saturated heterocycles. The summed E-state index contributed by atoms with van der Waals surface area (Å²) < 4.78 is 24.4. The van der Waals surface area contributed by atoms with Crippen LogP contribution in [0.2, 0.25) is 29.6 Å². The Morgan fingerprint density at radius 2 is 0.839 bits per heavy atom. The van der Waals surface area contributed by atoms with Crippen molar-refractivity contribution in [3.05, 3.63) is 0 Å². The summed E-state index contributed by atoms with van der Waals surface area (Å²) in [5, 5.41) is 0. The minimum absolute atomic E-state index is 0.142. The summed E-state index contributed by atoms with van der Waals surface area (Å²) in [5.74, 6) is -0.284. The summed E-state index contributed by atoms with van der Waals surface area (Å²) >= 11 is -10.3. The zero-order valence-corrected chi connectivity index (χ0v) is 30.0. The number of carbonyl (C=O) groups is 2. The fourth-order valence-electron chi connectivity index (χ4n) is 3.64. The molecule has 0 fully saturated rings. The third-order valence-electron chi connectivity index (χ3n) is 4.67. The van der Waals surface area contributed by atoms with Crippen LogP contribution in [0, 0.1) is 0 Å². The monoisotopic (exact) mass is 768 g/mol. The number of carbonyl (C=O) groups excluding carboxylic acids is 2. The molecule has 0 bridgehead atoms. The first-order chi connectivity index (χ1) is 14.3. The molecular weight excluding hydrogens is 716 g/mol. The Morgan fingerprint density at radius 3 is 1.16 bits per heavy atom. The van der Waals surface area contributed by atoms with E-state index in [4.69, 9.17) is 8.97 Å². The molecule has 0 unspecified atom stereocenters. The molecular formula is C22H48O6Sn3. The van der Waals surface area contributed by atoms with Crippen molar-refractivity contribution in [2.24, 2.45) is 0 Å². The summed E-state index contributed by atoms with van der Waals surface area (Å²) in [6.07, 6.45) is 12.0. The van der Waals surface area contributed by atoms with Gasteiger partial charge in [0.2, 0.25) is 0 Å². The molecule has 31 heavy (non-hydrogen) atoms. The first-order valence-corrected chi connectivity index (χ1v) is 36.3. The van der Waals surface area contributed by atoms with E-state index in [0.29, 0.717) is 12.8 Å². The van der Waals surface area contributed by atoms with Crippen molar-refractivity contribution in [3.63, 3.8) is 0 Å². The quantitative estimate of drug-likeness (QED) is 0.111. The second-order valence-corrected chi connectivity index (χ2v) is 43.8.